The molecule has 0 radical (unpaired) electrons. The van der Waals surface area contributed by atoms with E-state index in [0.717, 1.165) is 11.1 Å². The first kappa shape index (κ1) is 15.1. The molecule has 0 saturated heterocycles. The molecule has 0 aliphatic heterocycles. The molecule has 0 atom stereocenters. The number of benzene rings is 2. The number of rotatable bonds is 2. The lowest BCUT2D eigenvalue weighted by Gasteiger charge is -2.05. The van der Waals surface area contributed by atoms with Gasteiger partial charge in [0.05, 0.1) is 15.7 Å². The number of aromatic hydroxyl groups is 1. The first-order valence-corrected chi connectivity index (χ1v) is 6.88. The second-order valence-corrected chi connectivity index (χ2v) is 5.60. The van der Waals surface area contributed by atoms with E-state index in [1.807, 2.05) is 13.8 Å². The van der Waals surface area contributed by atoms with Crippen LogP contribution in [0.5, 0.6) is 5.75 Å². The van der Waals surface area contributed by atoms with Gasteiger partial charge in [-0.3, -0.25) is 0 Å². The van der Waals surface area contributed by atoms with Gasteiger partial charge in [-0.1, -0.05) is 34.8 Å². The third kappa shape index (κ3) is 3.23. The van der Waals surface area contributed by atoms with Crippen LogP contribution in [0.2, 0.25) is 15.1 Å². The summed E-state index contributed by atoms with van der Waals surface area (Å²) < 4.78 is 0. The van der Waals surface area contributed by atoms with Crippen molar-refractivity contribution in [1.82, 2.24) is 0 Å². The van der Waals surface area contributed by atoms with Crippen molar-refractivity contribution in [2.24, 2.45) is 10.2 Å². The number of phenols is 1. The van der Waals surface area contributed by atoms with E-state index in [-0.39, 0.29) is 5.75 Å². The molecule has 0 aromatic heterocycles. The summed E-state index contributed by atoms with van der Waals surface area (Å²) >= 11 is 17.9. The molecular weight excluding hydrogens is 319 g/mol. The highest BCUT2D eigenvalue weighted by molar-refractivity contribution is 6.41. The highest BCUT2D eigenvalue weighted by Crippen LogP contribution is 2.38. The van der Waals surface area contributed by atoms with Crippen molar-refractivity contribution in [2.75, 3.05) is 0 Å². The van der Waals surface area contributed by atoms with Crippen molar-refractivity contribution in [3.05, 3.63) is 50.5 Å². The Hall–Kier alpha value is -1.29. The lowest BCUT2D eigenvalue weighted by molar-refractivity contribution is 0.474. The number of nitrogens with zero attached hydrogens (tertiary/aromatic N) is 2. The van der Waals surface area contributed by atoms with Crippen LogP contribution in [0.1, 0.15) is 11.1 Å². The van der Waals surface area contributed by atoms with E-state index < -0.39 is 0 Å². The standard InChI is InChI=1S/C14H11Cl3N2O/c1-7-3-10(20)4-8(2)13(7)18-19-14-11(16)5-9(15)6-12(14)17/h3-6,20H,1-2H3/b19-18+. The fourth-order valence-electron chi connectivity index (χ4n) is 1.82. The molecular formula is C14H11Cl3N2O. The third-order valence-corrected chi connectivity index (χ3v) is 3.50. The Morgan fingerprint density at radius 1 is 0.800 bits per heavy atom. The number of phenolic OH excluding ortho intramolecular Hbond substituents is 1. The van der Waals surface area contributed by atoms with Crippen LogP contribution in [0.4, 0.5) is 11.4 Å². The molecule has 3 nitrogen and oxygen atoms in total. The van der Waals surface area contributed by atoms with Gasteiger partial charge in [0.2, 0.25) is 0 Å². The van der Waals surface area contributed by atoms with Crippen molar-refractivity contribution in [2.45, 2.75) is 13.8 Å². The van der Waals surface area contributed by atoms with Gasteiger partial charge in [-0.05, 0) is 49.2 Å². The minimum absolute atomic E-state index is 0.196. The molecule has 0 aliphatic rings. The van der Waals surface area contributed by atoms with Crippen molar-refractivity contribution in [3.8, 4) is 5.75 Å². The molecule has 0 bridgehead atoms. The highest BCUT2D eigenvalue weighted by Gasteiger charge is 2.08. The lowest BCUT2D eigenvalue weighted by atomic mass is 10.1. The predicted octanol–water partition coefficient (Wildman–Crippen LogP) is 6.38. The van der Waals surface area contributed by atoms with Crippen LogP contribution in [0.15, 0.2) is 34.5 Å². The van der Waals surface area contributed by atoms with Crippen molar-refractivity contribution in [1.29, 1.82) is 0 Å². The summed E-state index contributed by atoms with van der Waals surface area (Å²) in [6, 6.07) is 6.35. The van der Waals surface area contributed by atoms with E-state index in [1.165, 1.54) is 0 Å². The van der Waals surface area contributed by atoms with Gasteiger partial charge in [0.15, 0.2) is 0 Å². The number of azo groups is 1. The smallest absolute Gasteiger partial charge is 0.123 e. The molecule has 0 saturated carbocycles. The predicted molar refractivity (Wildman–Crippen MR) is 83.2 cm³/mol. The van der Waals surface area contributed by atoms with Crippen LogP contribution in [-0.2, 0) is 0 Å². The zero-order chi connectivity index (χ0) is 14.9. The summed E-state index contributed by atoms with van der Waals surface area (Å²) in [5.41, 5.74) is 2.66. The van der Waals surface area contributed by atoms with Gasteiger partial charge in [-0.25, -0.2) is 0 Å². The second-order valence-electron chi connectivity index (χ2n) is 4.35. The minimum atomic E-state index is 0.196. The molecule has 0 amide bonds. The summed E-state index contributed by atoms with van der Waals surface area (Å²) in [4.78, 5) is 0. The maximum Gasteiger partial charge on any atom is 0.123 e. The number of hydrogen-bond acceptors (Lipinski definition) is 3. The average molecular weight is 330 g/mol. The topological polar surface area (TPSA) is 45.0 Å². The Balaban J connectivity index is 2.45. The summed E-state index contributed by atoms with van der Waals surface area (Å²) in [5, 5.41) is 18.9. The maximum atomic E-state index is 9.49. The van der Waals surface area contributed by atoms with Crippen molar-refractivity contribution >= 4 is 46.2 Å². The van der Waals surface area contributed by atoms with Gasteiger partial charge in [0.1, 0.15) is 11.4 Å². The van der Waals surface area contributed by atoms with Crippen molar-refractivity contribution < 1.29 is 5.11 Å². The molecule has 2 rings (SSSR count). The number of hydrogen-bond donors (Lipinski definition) is 1. The minimum Gasteiger partial charge on any atom is -0.508 e. The normalized spacial score (nSPS) is 11.2. The second kappa shape index (κ2) is 6.00. The van der Waals surface area contributed by atoms with Gasteiger partial charge in [-0.2, -0.15) is 0 Å². The van der Waals surface area contributed by atoms with E-state index in [0.29, 0.717) is 26.4 Å². The number of aryl methyl sites for hydroxylation is 2. The summed E-state index contributed by atoms with van der Waals surface area (Å²) in [6.45, 7) is 3.68. The molecule has 0 spiro atoms. The molecule has 1 N–H and O–H groups in total. The van der Waals surface area contributed by atoms with Gasteiger partial charge in [-0.15, -0.1) is 10.2 Å². The Morgan fingerprint density at radius 2 is 1.25 bits per heavy atom. The monoisotopic (exact) mass is 328 g/mol. The highest BCUT2D eigenvalue weighted by atomic mass is 35.5. The van der Waals surface area contributed by atoms with Gasteiger partial charge in [0.25, 0.3) is 0 Å². The van der Waals surface area contributed by atoms with Crippen LogP contribution >= 0.6 is 34.8 Å². The molecule has 20 heavy (non-hydrogen) atoms. The first-order chi connectivity index (χ1) is 9.38. The van der Waals surface area contributed by atoms with Crippen LogP contribution in [0.25, 0.3) is 0 Å². The maximum absolute atomic E-state index is 9.49. The number of halogens is 3. The van der Waals surface area contributed by atoms with Gasteiger partial charge < -0.3 is 5.11 Å². The largest absolute Gasteiger partial charge is 0.508 e. The van der Waals surface area contributed by atoms with Crippen LogP contribution in [0.3, 0.4) is 0 Å². The van der Waals surface area contributed by atoms with E-state index in [9.17, 15) is 5.11 Å². The van der Waals surface area contributed by atoms with E-state index >= 15 is 0 Å². The molecule has 2 aromatic carbocycles. The van der Waals surface area contributed by atoms with Crippen molar-refractivity contribution in [3.63, 3.8) is 0 Å². The summed E-state index contributed by atoms with van der Waals surface area (Å²) in [6.07, 6.45) is 0. The molecule has 0 fully saturated rings. The lowest BCUT2D eigenvalue weighted by Crippen LogP contribution is -1.80. The summed E-state index contributed by atoms with van der Waals surface area (Å²) in [7, 11) is 0. The van der Waals surface area contributed by atoms with Gasteiger partial charge in [0, 0.05) is 5.02 Å². The Bertz CT molecular complexity index is 593. The molecule has 6 heteroatoms. The molecule has 0 heterocycles. The third-order valence-electron chi connectivity index (χ3n) is 2.71. The first-order valence-electron chi connectivity index (χ1n) is 5.75. The van der Waals surface area contributed by atoms with E-state index in [1.54, 1.807) is 24.3 Å². The Morgan fingerprint density at radius 3 is 1.75 bits per heavy atom. The van der Waals surface area contributed by atoms with Crippen LogP contribution in [0, 0.1) is 13.8 Å². The average Bonchev–Trinajstić information content (AvgIpc) is 2.30. The van der Waals surface area contributed by atoms with Gasteiger partial charge >= 0.3 is 0 Å². The molecule has 0 aliphatic carbocycles. The molecule has 0 unspecified atom stereocenters. The quantitative estimate of drug-likeness (QED) is 0.638. The van der Waals surface area contributed by atoms with Crippen LogP contribution in [-0.4, -0.2) is 5.11 Å². The summed E-state index contributed by atoms with van der Waals surface area (Å²) in [5.74, 6) is 0.196. The fraction of sp³-hybridized carbons (Fsp3) is 0.143. The zero-order valence-corrected chi connectivity index (χ0v) is 13.1. The Labute approximate surface area is 131 Å². The zero-order valence-electron chi connectivity index (χ0n) is 10.8. The SMILES string of the molecule is Cc1cc(O)cc(C)c1/N=N/c1c(Cl)cc(Cl)cc1Cl. The van der Waals surface area contributed by atoms with E-state index in [4.69, 9.17) is 34.8 Å². The van der Waals surface area contributed by atoms with Crippen LogP contribution < -0.4 is 0 Å². The Kier molecular flexibility index (Phi) is 4.53. The molecule has 104 valence electrons. The molecule has 2 aromatic rings. The fourth-order valence-corrected chi connectivity index (χ4v) is 2.71. The van der Waals surface area contributed by atoms with E-state index in [2.05, 4.69) is 10.2 Å².